The molecule has 14 heteroatoms. The van der Waals surface area contributed by atoms with E-state index >= 15 is 0 Å². The number of carbonyl (C=O) groups is 1. The molecule has 0 aromatic carbocycles. The molecular formula is C55H108NO12P. The molecule has 0 heterocycles. The van der Waals surface area contributed by atoms with Gasteiger partial charge in [-0.2, -0.15) is 0 Å². The van der Waals surface area contributed by atoms with Crippen molar-refractivity contribution in [3.05, 3.63) is 12.2 Å². The van der Waals surface area contributed by atoms with Crippen molar-refractivity contribution >= 4 is 13.7 Å². The lowest BCUT2D eigenvalue weighted by Gasteiger charge is -2.41. The maximum atomic E-state index is 13.1. The Labute approximate surface area is 421 Å². The second kappa shape index (κ2) is 44.5. The highest BCUT2D eigenvalue weighted by molar-refractivity contribution is 7.47. The molecule has 0 spiro atoms. The van der Waals surface area contributed by atoms with Gasteiger partial charge in [-0.15, -0.1) is 0 Å². The topological polar surface area (TPSA) is 226 Å². The fourth-order valence-corrected chi connectivity index (χ4v) is 10.4. The number of rotatable bonds is 49. The number of phosphoric ester groups is 1. The van der Waals surface area contributed by atoms with Gasteiger partial charge in [0, 0.05) is 0 Å². The molecule has 0 aliphatic heterocycles. The Morgan fingerprint density at radius 2 is 0.812 bits per heavy atom. The average Bonchev–Trinajstić information content (AvgIpc) is 3.32. The first-order valence-electron chi connectivity index (χ1n) is 28.7. The van der Waals surface area contributed by atoms with Gasteiger partial charge in [-0.1, -0.05) is 238 Å². The van der Waals surface area contributed by atoms with Crippen molar-refractivity contribution in [2.75, 3.05) is 6.61 Å². The molecule has 1 saturated carbocycles. The Morgan fingerprint density at radius 3 is 1.19 bits per heavy atom. The highest BCUT2D eigenvalue weighted by atomic mass is 31.2. The van der Waals surface area contributed by atoms with Gasteiger partial charge in [0.05, 0.1) is 31.3 Å². The van der Waals surface area contributed by atoms with Crippen LogP contribution in [0.3, 0.4) is 0 Å². The number of unbranched alkanes of at least 4 members (excludes halogenated alkanes) is 34. The van der Waals surface area contributed by atoms with Crippen molar-refractivity contribution in [1.82, 2.24) is 5.32 Å². The van der Waals surface area contributed by atoms with Gasteiger partial charge in [-0.05, 0) is 38.5 Å². The van der Waals surface area contributed by atoms with Crippen LogP contribution in [0.15, 0.2) is 12.2 Å². The third-order valence-corrected chi connectivity index (χ3v) is 15.1. The van der Waals surface area contributed by atoms with Crippen molar-refractivity contribution < 1.29 is 59.0 Å². The first-order valence-corrected chi connectivity index (χ1v) is 30.2. The highest BCUT2D eigenvalue weighted by Crippen LogP contribution is 2.47. The summed E-state index contributed by atoms with van der Waals surface area (Å²) in [5.74, 6) is -0.560. The first kappa shape index (κ1) is 66.1. The number of allylic oxidation sites excluding steroid dienone is 2. The largest absolute Gasteiger partial charge is 0.472 e. The monoisotopic (exact) mass is 1010 g/mol. The lowest BCUT2D eigenvalue weighted by molar-refractivity contribution is -0.220. The van der Waals surface area contributed by atoms with Crippen LogP contribution in [0.1, 0.15) is 271 Å². The fourth-order valence-electron chi connectivity index (χ4n) is 9.48. The molecule has 1 rings (SSSR count). The quantitative estimate of drug-likeness (QED) is 0.0158. The number of carbonyl (C=O) groups excluding carboxylic acids is 1. The van der Waals surface area contributed by atoms with Crippen LogP contribution in [-0.2, 0) is 18.4 Å². The lowest BCUT2D eigenvalue weighted by atomic mass is 9.85. The van der Waals surface area contributed by atoms with Crippen LogP contribution >= 0.6 is 7.82 Å². The van der Waals surface area contributed by atoms with Crippen LogP contribution in [-0.4, -0.2) is 108 Å². The predicted molar refractivity (Wildman–Crippen MR) is 280 cm³/mol. The number of hydrogen-bond donors (Lipinski definition) is 9. The van der Waals surface area contributed by atoms with Gasteiger partial charge in [-0.3, -0.25) is 13.8 Å². The Hall–Kier alpha value is -0.960. The van der Waals surface area contributed by atoms with E-state index in [4.69, 9.17) is 9.05 Å². The van der Waals surface area contributed by atoms with E-state index in [0.29, 0.717) is 12.8 Å². The summed E-state index contributed by atoms with van der Waals surface area (Å²) in [7, 11) is -5.12. The molecule has 410 valence electrons. The lowest BCUT2D eigenvalue weighted by Crippen LogP contribution is -2.64. The normalized spacial score (nSPS) is 21.9. The molecule has 1 aliphatic rings. The van der Waals surface area contributed by atoms with Gasteiger partial charge < -0.3 is 46.0 Å². The van der Waals surface area contributed by atoms with Gasteiger partial charge in [0.1, 0.15) is 36.6 Å². The number of hydrogen-bond acceptors (Lipinski definition) is 11. The fraction of sp³-hybridized carbons (Fsp3) is 0.945. The average molecular weight is 1010 g/mol. The van der Waals surface area contributed by atoms with E-state index in [1.54, 1.807) is 0 Å². The van der Waals surface area contributed by atoms with Crippen LogP contribution in [0.2, 0.25) is 0 Å². The summed E-state index contributed by atoms with van der Waals surface area (Å²) in [4.78, 5) is 23.6. The summed E-state index contributed by atoms with van der Waals surface area (Å²) in [6.45, 7) is 3.84. The maximum absolute atomic E-state index is 13.1. The van der Waals surface area contributed by atoms with Crippen molar-refractivity contribution in [2.45, 2.75) is 326 Å². The molecular weight excluding hydrogens is 898 g/mol. The van der Waals surface area contributed by atoms with Crippen molar-refractivity contribution in [1.29, 1.82) is 0 Å². The van der Waals surface area contributed by atoms with Crippen LogP contribution in [0, 0.1) is 0 Å². The van der Waals surface area contributed by atoms with Crippen molar-refractivity contribution in [3.8, 4) is 0 Å². The Kier molecular flexibility index (Phi) is 42.6. The maximum Gasteiger partial charge on any atom is 0.472 e. The minimum atomic E-state index is -5.12. The van der Waals surface area contributed by atoms with Gasteiger partial charge in [0.15, 0.2) is 0 Å². The number of aliphatic hydroxyl groups excluding tert-OH is 7. The molecule has 13 nitrogen and oxygen atoms in total. The summed E-state index contributed by atoms with van der Waals surface area (Å²) >= 11 is 0. The van der Waals surface area contributed by atoms with Crippen LogP contribution in [0.5, 0.6) is 0 Å². The van der Waals surface area contributed by atoms with Gasteiger partial charge in [0.25, 0.3) is 0 Å². The molecule has 0 aromatic heterocycles. The number of phosphoric acid groups is 1. The predicted octanol–water partition coefficient (Wildman–Crippen LogP) is 11.7. The van der Waals surface area contributed by atoms with E-state index in [1.807, 2.05) is 0 Å². The van der Waals surface area contributed by atoms with Crippen molar-refractivity contribution in [3.63, 3.8) is 0 Å². The minimum Gasteiger partial charge on any atom is -0.393 e. The van der Waals surface area contributed by atoms with E-state index in [-0.39, 0.29) is 12.8 Å². The molecule has 9 N–H and O–H groups in total. The second-order valence-electron chi connectivity index (χ2n) is 20.7. The molecule has 0 saturated heterocycles. The van der Waals surface area contributed by atoms with E-state index in [1.165, 1.54) is 161 Å². The first-order chi connectivity index (χ1) is 33.3. The Bertz CT molecular complexity index is 1230. The molecule has 8 unspecified atom stereocenters. The highest BCUT2D eigenvalue weighted by Gasteiger charge is 2.51. The molecule has 0 radical (unpaired) electrons. The third kappa shape index (κ3) is 35.8. The third-order valence-electron chi connectivity index (χ3n) is 14.1. The van der Waals surface area contributed by atoms with E-state index in [0.717, 1.165) is 70.6 Å². The minimum absolute atomic E-state index is 0.224. The van der Waals surface area contributed by atoms with E-state index < -0.39 is 75.2 Å². The van der Waals surface area contributed by atoms with Gasteiger partial charge >= 0.3 is 7.82 Å². The molecule has 0 aromatic rings. The molecule has 1 amide bonds. The van der Waals surface area contributed by atoms with Crippen LogP contribution in [0.4, 0.5) is 0 Å². The van der Waals surface area contributed by atoms with E-state index in [2.05, 4.69) is 31.3 Å². The zero-order chi connectivity index (χ0) is 50.8. The summed E-state index contributed by atoms with van der Waals surface area (Å²) < 4.78 is 23.1. The Balaban J connectivity index is 2.40. The van der Waals surface area contributed by atoms with Gasteiger partial charge in [-0.25, -0.2) is 4.57 Å². The molecule has 1 fully saturated rings. The SMILES string of the molecule is CCCCCCCCCCCCC/C=C\CCCCCCCC(O)CC(=O)NC(COP(=O)(O)OC1C(O)C(O)C(O)C(O)C1O)C(O)CCCCCCCCCCCCCCCCCCCCC. The smallest absolute Gasteiger partial charge is 0.393 e. The van der Waals surface area contributed by atoms with Crippen LogP contribution < -0.4 is 5.32 Å². The number of nitrogens with one attached hydrogen (secondary N) is 1. The molecule has 1 aliphatic carbocycles. The molecule has 8 atom stereocenters. The summed E-state index contributed by atoms with van der Waals surface area (Å²) in [6.07, 6.45) is 36.8. The number of amides is 1. The van der Waals surface area contributed by atoms with E-state index in [9.17, 15) is 50.0 Å². The summed E-state index contributed by atoms with van der Waals surface area (Å²) in [5.41, 5.74) is 0. The zero-order valence-corrected chi connectivity index (χ0v) is 44.9. The standard InChI is InChI=1S/C55H108NO12P/c1-3-5-7-9-11-13-15-17-19-21-23-25-26-28-30-32-34-36-38-40-42-46(57)44-49(59)56-47(45-67-69(65,66)68-55-53(63)51(61)50(60)52(62)54(55)64)48(58)43-41-39-37-35-33-31-29-27-24-22-20-18-16-14-12-10-8-6-4-2/h26,28,46-48,50-55,57-58,60-64H,3-25,27,29-45H2,1-2H3,(H,56,59)(H,65,66)/b28-26-. The zero-order valence-electron chi connectivity index (χ0n) is 44.0. The summed E-state index contributed by atoms with van der Waals surface area (Å²) in [6, 6.07) is -1.16. The second-order valence-corrected chi connectivity index (χ2v) is 22.1. The van der Waals surface area contributed by atoms with Crippen LogP contribution in [0.25, 0.3) is 0 Å². The molecule has 0 bridgehead atoms. The Morgan fingerprint density at radius 1 is 0.493 bits per heavy atom. The van der Waals surface area contributed by atoms with Crippen molar-refractivity contribution in [2.24, 2.45) is 0 Å². The molecule has 69 heavy (non-hydrogen) atoms. The number of aliphatic hydroxyl groups is 7. The summed E-state index contributed by atoms with van der Waals surface area (Å²) in [5, 5.41) is 75.0. The van der Waals surface area contributed by atoms with Gasteiger partial charge in [0.2, 0.25) is 5.91 Å².